The first-order valence-corrected chi connectivity index (χ1v) is 7.35. The molecule has 1 aromatic rings. The maximum absolute atomic E-state index is 11.9. The molecule has 0 saturated carbocycles. The average Bonchev–Trinajstić information content (AvgIpc) is 2.64. The lowest BCUT2D eigenvalue weighted by molar-refractivity contribution is 0.0966. The van der Waals surface area contributed by atoms with E-state index >= 15 is 0 Å². The zero-order valence-corrected chi connectivity index (χ0v) is 11.3. The number of rotatable bonds is 2. The van der Waals surface area contributed by atoms with Gasteiger partial charge in [-0.05, 0) is 31.1 Å². The predicted octanol–water partition coefficient (Wildman–Crippen LogP) is 3.75. The van der Waals surface area contributed by atoms with E-state index in [-0.39, 0.29) is 11.6 Å². The number of thiophene rings is 1. The molecule has 0 aliphatic heterocycles. The van der Waals surface area contributed by atoms with E-state index in [1.165, 1.54) is 11.3 Å². The first-order chi connectivity index (χ1) is 7.56. The molecule has 1 atom stereocenters. The van der Waals surface area contributed by atoms with E-state index in [9.17, 15) is 9.59 Å². The average molecular weight is 254 g/mol. The molecule has 1 heterocycles. The lowest BCUT2D eigenvalue weighted by atomic mass is 9.84. The maximum Gasteiger partial charge on any atom is 0.170 e. The summed E-state index contributed by atoms with van der Waals surface area (Å²) in [6.45, 7) is 3.69. The Kier molecular flexibility index (Phi) is 3.22. The highest BCUT2D eigenvalue weighted by Gasteiger charge is 2.31. The van der Waals surface area contributed by atoms with Crippen LogP contribution < -0.4 is 0 Å². The third-order valence-corrected chi connectivity index (χ3v) is 5.42. The SMILES string of the molecule is CSc1sc(C(C)=O)c2c1C(=O)CCC2C. The molecule has 86 valence electrons. The van der Waals surface area contributed by atoms with Gasteiger partial charge in [-0.1, -0.05) is 6.92 Å². The Morgan fingerprint density at radius 3 is 2.75 bits per heavy atom. The molecular formula is C12H14O2S2. The summed E-state index contributed by atoms with van der Waals surface area (Å²) in [4.78, 5) is 24.3. The van der Waals surface area contributed by atoms with Gasteiger partial charge in [-0.15, -0.1) is 23.1 Å². The van der Waals surface area contributed by atoms with Crippen molar-refractivity contribution in [2.45, 2.75) is 36.8 Å². The van der Waals surface area contributed by atoms with Crippen LogP contribution in [0.25, 0.3) is 0 Å². The Hall–Kier alpha value is -0.610. The second kappa shape index (κ2) is 4.34. The number of hydrogen-bond acceptors (Lipinski definition) is 4. The molecule has 1 aromatic heterocycles. The molecule has 0 fully saturated rings. The van der Waals surface area contributed by atoms with E-state index in [2.05, 4.69) is 6.92 Å². The minimum Gasteiger partial charge on any atom is -0.294 e. The van der Waals surface area contributed by atoms with Crippen LogP contribution >= 0.6 is 23.1 Å². The Morgan fingerprint density at radius 1 is 1.50 bits per heavy atom. The summed E-state index contributed by atoms with van der Waals surface area (Å²) in [5.74, 6) is 0.632. The molecule has 1 aliphatic rings. The highest BCUT2D eigenvalue weighted by Crippen LogP contribution is 2.44. The van der Waals surface area contributed by atoms with Gasteiger partial charge in [0.1, 0.15) is 0 Å². The van der Waals surface area contributed by atoms with Gasteiger partial charge >= 0.3 is 0 Å². The fourth-order valence-electron chi connectivity index (χ4n) is 2.18. The third kappa shape index (κ3) is 1.74. The first kappa shape index (κ1) is 11.9. The van der Waals surface area contributed by atoms with Crippen LogP contribution in [0, 0.1) is 0 Å². The summed E-state index contributed by atoms with van der Waals surface area (Å²) >= 11 is 3.06. The molecule has 0 amide bonds. The molecule has 0 spiro atoms. The number of thioether (sulfide) groups is 1. The zero-order chi connectivity index (χ0) is 11.9. The van der Waals surface area contributed by atoms with E-state index in [0.29, 0.717) is 12.3 Å². The standard InChI is InChI=1S/C12H14O2S2/c1-6-4-5-8(14)10-9(6)11(7(2)13)16-12(10)15-3/h6H,4-5H2,1-3H3. The monoisotopic (exact) mass is 254 g/mol. The Balaban J connectivity index is 2.68. The molecule has 16 heavy (non-hydrogen) atoms. The fraction of sp³-hybridized carbons (Fsp3) is 0.500. The van der Waals surface area contributed by atoms with Crippen molar-refractivity contribution < 1.29 is 9.59 Å². The van der Waals surface area contributed by atoms with Crippen LogP contribution in [0.15, 0.2) is 4.21 Å². The number of ketones is 2. The normalized spacial score (nSPS) is 19.7. The molecular weight excluding hydrogens is 240 g/mol. The molecule has 0 saturated heterocycles. The van der Waals surface area contributed by atoms with Gasteiger partial charge < -0.3 is 0 Å². The summed E-state index contributed by atoms with van der Waals surface area (Å²) in [5.41, 5.74) is 1.85. The molecule has 1 unspecified atom stereocenters. The summed E-state index contributed by atoms with van der Waals surface area (Å²) < 4.78 is 1.01. The smallest absolute Gasteiger partial charge is 0.170 e. The molecule has 4 heteroatoms. The van der Waals surface area contributed by atoms with Crippen LogP contribution in [0.5, 0.6) is 0 Å². The van der Waals surface area contributed by atoms with Gasteiger partial charge in [0.15, 0.2) is 11.6 Å². The van der Waals surface area contributed by atoms with Gasteiger partial charge in [-0.2, -0.15) is 0 Å². The number of carbonyl (C=O) groups excluding carboxylic acids is 2. The second-order valence-electron chi connectivity index (χ2n) is 4.13. The molecule has 2 rings (SSSR count). The minimum absolute atomic E-state index is 0.0862. The second-order valence-corrected chi connectivity index (χ2v) is 6.23. The minimum atomic E-state index is 0.0862. The van der Waals surface area contributed by atoms with E-state index in [1.807, 2.05) is 6.26 Å². The van der Waals surface area contributed by atoms with Crippen LogP contribution in [0.3, 0.4) is 0 Å². The van der Waals surface area contributed by atoms with Gasteiger partial charge in [0, 0.05) is 12.0 Å². The zero-order valence-electron chi connectivity index (χ0n) is 9.62. The number of Topliss-reactive ketones (excluding diaryl/α,β-unsaturated/α-hetero) is 2. The van der Waals surface area contributed by atoms with Crippen molar-refractivity contribution in [1.82, 2.24) is 0 Å². The van der Waals surface area contributed by atoms with Gasteiger partial charge in [0.05, 0.1) is 9.09 Å². The Morgan fingerprint density at radius 2 is 2.19 bits per heavy atom. The summed E-state index contributed by atoms with van der Waals surface area (Å²) in [6.07, 6.45) is 3.45. The lowest BCUT2D eigenvalue weighted by Crippen LogP contribution is -2.14. The Bertz CT molecular complexity index is 460. The van der Waals surface area contributed by atoms with Crippen molar-refractivity contribution >= 4 is 34.7 Å². The highest BCUT2D eigenvalue weighted by molar-refractivity contribution is 8.00. The lowest BCUT2D eigenvalue weighted by Gasteiger charge is -2.19. The predicted molar refractivity (Wildman–Crippen MR) is 68.1 cm³/mol. The number of carbonyl (C=O) groups is 2. The van der Waals surface area contributed by atoms with E-state index < -0.39 is 0 Å². The number of hydrogen-bond donors (Lipinski definition) is 0. The highest BCUT2D eigenvalue weighted by atomic mass is 32.2. The van der Waals surface area contributed by atoms with Gasteiger partial charge in [-0.25, -0.2) is 0 Å². The molecule has 0 bridgehead atoms. The van der Waals surface area contributed by atoms with Crippen LogP contribution in [0.1, 0.15) is 58.2 Å². The van der Waals surface area contributed by atoms with Gasteiger partial charge in [0.2, 0.25) is 0 Å². The van der Waals surface area contributed by atoms with Crippen molar-refractivity contribution in [1.29, 1.82) is 0 Å². The summed E-state index contributed by atoms with van der Waals surface area (Å²) in [6, 6.07) is 0. The van der Waals surface area contributed by atoms with Crippen molar-refractivity contribution in [3.05, 3.63) is 16.0 Å². The number of fused-ring (bicyclic) bond motifs is 1. The van der Waals surface area contributed by atoms with Crippen molar-refractivity contribution in [2.75, 3.05) is 6.26 Å². The van der Waals surface area contributed by atoms with E-state index in [4.69, 9.17) is 0 Å². The summed E-state index contributed by atoms with van der Waals surface area (Å²) in [7, 11) is 0. The van der Waals surface area contributed by atoms with Crippen LogP contribution in [-0.4, -0.2) is 17.8 Å². The Labute approximate surface area is 103 Å². The first-order valence-electron chi connectivity index (χ1n) is 5.31. The van der Waals surface area contributed by atoms with E-state index in [1.54, 1.807) is 18.7 Å². The molecule has 0 aromatic carbocycles. The van der Waals surface area contributed by atoms with Crippen molar-refractivity contribution in [3.8, 4) is 0 Å². The molecule has 0 N–H and O–H groups in total. The summed E-state index contributed by atoms with van der Waals surface area (Å²) in [5, 5.41) is 0. The van der Waals surface area contributed by atoms with Crippen LogP contribution in [0.2, 0.25) is 0 Å². The third-order valence-electron chi connectivity index (χ3n) is 2.99. The maximum atomic E-state index is 11.9. The molecule has 0 radical (unpaired) electrons. The van der Waals surface area contributed by atoms with Crippen molar-refractivity contribution in [2.24, 2.45) is 0 Å². The fourth-order valence-corrected chi connectivity index (χ4v) is 4.26. The van der Waals surface area contributed by atoms with Crippen molar-refractivity contribution in [3.63, 3.8) is 0 Å². The van der Waals surface area contributed by atoms with Crippen LogP contribution in [-0.2, 0) is 0 Å². The largest absolute Gasteiger partial charge is 0.294 e. The van der Waals surface area contributed by atoms with Crippen LogP contribution in [0.4, 0.5) is 0 Å². The van der Waals surface area contributed by atoms with E-state index in [0.717, 1.165) is 26.6 Å². The topological polar surface area (TPSA) is 34.1 Å². The quantitative estimate of drug-likeness (QED) is 0.595. The molecule has 2 nitrogen and oxygen atoms in total. The van der Waals surface area contributed by atoms with Gasteiger partial charge in [0.25, 0.3) is 0 Å². The van der Waals surface area contributed by atoms with Gasteiger partial charge in [-0.3, -0.25) is 9.59 Å². The molecule has 1 aliphatic carbocycles.